The van der Waals surface area contributed by atoms with E-state index in [1.54, 1.807) is 19.4 Å². The summed E-state index contributed by atoms with van der Waals surface area (Å²) in [6.07, 6.45) is 5.23. The van der Waals surface area contributed by atoms with Gasteiger partial charge in [0.15, 0.2) is 5.09 Å². The molecule has 0 radical (unpaired) electrons. The van der Waals surface area contributed by atoms with Crippen molar-refractivity contribution in [3.63, 3.8) is 0 Å². The van der Waals surface area contributed by atoms with Crippen molar-refractivity contribution in [1.29, 1.82) is 0 Å². The molecule has 0 amide bonds. The molecule has 3 heteroatoms. The van der Waals surface area contributed by atoms with Crippen LogP contribution < -0.4 is 0 Å². The average molecular weight is 130 g/mol. The number of methoxy groups -OCH3 is 1. The summed E-state index contributed by atoms with van der Waals surface area (Å²) in [4.78, 5) is 0. The zero-order chi connectivity index (χ0) is 5.82. The van der Waals surface area contributed by atoms with Gasteiger partial charge >= 0.3 is 0 Å². The van der Waals surface area contributed by atoms with E-state index in [1.165, 1.54) is 12.0 Å². The maximum absolute atomic E-state index is 4.84. The van der Waals surface area contributed by atoms with Gasteiger partial charge in [-0.2, -0.15) is 0 Å². The van der Waals surface area contributed by atoms with Crippen LogP contribution in [0.3, 0.4) is 0 Å². The van der Waals surface area contributed by atoms with Gasteiger partial charge in [0.2, 0.25) is 0 Å². The van der Waals surface area contributed by atoms with E-state index in [2.05, 4.69) is 0 Å². The van der Waals surface area contributed by atoms with Crippen LogP contribution in [0.15, 0.2) is 23.5 Å². The van der Waals surface area contributed by atoms with Gasteiger partial charge in [0.1, 0.15) is 18.3 Å². The molecule has 0 aromatic heterocycles. The fourth-order valence-electron chi connectivity index (χ4n) is 0.355. The van der Waals surface area contributed by atoms with Gasteiger partial charge in [-0.3, -0.25) is 0 Å². The topological polar surface area (TPSA) is 18.5 Å². The van der Waals surface area contributed by atoms with Crippen molar-refractivity contribution in [2.45, 2.75) is 0 Å². The first kappa shape index (κ1) is 5.56. The smallest absolute Gasteiger partial charge is 0.192 e. The highest BCUT2D eigenvalue weighted by Gasteiger charge is 1.97. The third kappa shape index (κ3) is 1.20. The molecule has 0 atom stereocenters. The predicted molar refractivity (Wildman–Crippen MR) is 32.9 cm³/mol. The van der Waals surface area contributed by atoms with Gasteiger partial charge in [0.25, 0.3) is 0 Å². The molecule has 0 saturated heterocycles. The van der Waals surface area contributed by atoms with Crippen molar-refractivity contribution in [3.05, 3.63) is 23.5 Å². The predicted octanol–water partition coefficient (Wildman–Crippen LogP) is 1.67. The second-order valence-corrected chi connectivity index (χ2v) is 1.96. The van der Waals surface area contributed by atoms with Crippen molar-refractivity contribution < 1.29 is 8.92 Å². The number of allylic oxidation sites excluding steroid dienone is 2. The summed E-state index contributed by atoms with van der Waals surface area (Å²) in [7, 11) is 1.61. The lowest BCUT2D eigenvalue weighted by atomic mass is 10.6. The summed E-state index contributed by atoms with van der Waals surface area (Å²) < 4.78 is 9.65. The summed E-state index contributed by atoms with van der Waals surface area (Å²) >= 11 is 1.22. The molecule has 0 N–H and O–H groups in total. The lowest BCUT2D eigenvalue weighted by molar-refractivity contribution is 0.318. The molecule has 2 nitrogen and oxygen atoms in total. The fourth-order valence-corrected chi connectivity index (χ4v) is 0.772. The highest BCUT2D eigenvalue weighted by molar-refractivity contribution is 7.98. The molecule has 1 rings (SSSR count). The Morgan fingerprint density at radius 2 is 2.62 bits per heavy atom. The van der Waals surface area contributed by atoms with Crippen molar-refractivity contribution in [2.24, 2.45) is 0 Å². The summed E-state index contributed by atoms with van der Waals surface area (Å²) in [6.45, 7) is 0. The van der Waals surface area contributed by atoms with Gasteiger partial charge in [-0.1, -0.05) is 0 Å². The van der Waals surface area contributed by atoms with Crippen LogP contribution in [0.4, 0.5) is 0 Å². The first-order valence-corrected chi connectivity index (χ1v) is 2.92. The first-order valence-electron chi connectivity index (χ1n) is 2.17. The normalized spacial score (nSPS) is 16.9. The largest absolute Gasteiger partial charge is 0.488 e. The number of ether oxygens (including phenoxy) is 1. The molecule has 0 spiro atoms. The highest BCUT2D eigenvalue weighted by atomic mass is 32.2. The van der Waals surface area contributed by atoms with E-state index in [0.717, 1.165) is 5.09 Å². The zero-order valence-corrected chi connectivity index (χ0v) is 5.27. The van der Waals surface area contributed by atoms with Crippen molar-refractivity contribution in [2.75, 3.05) is 7.11 Å². The molecular formula is C5H6O2S. The van der Waals surface area contributed by atoms with Crippen molar-refractivity contribution in [1.82, 2.24) is 0 Å². The van der Waals surface area contributed by atoms with Crippen molar-refractivity contribution in [3.8, 4) is 0 Å². The van der Waals surface area contributed by atoms with Crippen LogP contribution in [0.25, 0.3) is 0 Å². The minimum absolute atomic E-state index is 0.785. The minimum atomic E-state index is 0.785. The standard InChI is InChI=1S/C5H6O2S/c1-6-5-3-2-4-7-8-5/h2-4H,1H3. The summed E-state index contributed by atoms with van der Waals surface area (Å²) in [6, 6.07) is 0. The molecule has 0 aromatic carbocycles. The quantitative estimate of drug-likeness (QED) is 0.503. The van der Waals surface area contributed by atoms with Gasteiger partial charge in [-0.25, -0.2) is 0 Å². The molecule has 8 heavy (non-hydrogen) atoms. The van der Waals surface area contributed by atoms with Crippen LogP contribution in [0.1, 0.15) is 0 Å². The molecule has 0 saturated carbocycles. The van der Waals surface area contributed by atoms with Crippen LogP contribution in [0.5, 0.6) is 0 Å². The van der Waals surface area contributed by atoms with Crippen LogP contribution >= 0.6 is 12.0 Å². The first-order chi connectivity index (χ1) is 3.93. The fraction of sp³-hybridized carbons (Fsp3) is 0.200. The van der Waals surface area contributed by atoms with E-state index in [1.807, 2.05) is 6.08 Å². The lowest BCUT2D eigenvalue weighted by Crippen LogP contribution is -1.83. The molecular weight excluding hydrogens is 124 g/mol. The summed E-state index contributed by atoms with van der Waals surface area (Å²) in [5.41, 5.74) is 0. The van der Waals surface area contributed by atoms with Gasteiger partial charge < -0.3 is 8.92 Å². The second kappa shape index (κ2) is 2.67. The second-order valence-electron chi connectivity index (χ2n) is 1.20. The Labute approximate surface area is 52.4 Å². The Morgan fingerprint density at radius 1 is 1.75 bits per heavy atom. The average Bonchev–Trinajstić information content (AvgIpc) is 1.90. The maximum atomic E-state index is 4.84. The molecule has 0 aromatic rings. The number of rotatable bonds is 1. The molecule has 0 bridgehead atoms. The molecule has 0 unspecified atom stereocenters. The van der Waals surface area contributed by atoms with Crippen LogP contribution in [-0.4, -0.2) is 7.11 Å². The molecule has 0 aliphatic carbocycles. The highest BCUT2D eigenvalue weighted by Crippen LogP contribution is 2.20. The van der Waals surface area contributed by atoms with Crippen molar-refractivity contribution >= 4 is 12.0 Å². The molecule has 1 aliphatic rings. The Balaban J connectivity index is 2.50. The Morgan fingerprint density at radius 3 is 3.00 bits per heavy atom. The van der Waals surface area contributed by atoms with Crippen LogP contribution in [0, 0.1) is 0 Å². The Hall–Kier alpha value is -0.570. The summed E-state index contributed by atoms with van der Waals surface area (Å²) in [5.74, 6) is 0. The molecule has 44 valence electrons. The maximum Gasteiger partial charge on any atom is 0.192 e. The Kier molecular flexibility index (Phi) is 1.86. The van der Waals surface area contributed by atoms with Crippen LogP contribution in [0.2, 0.25) is 0 Å². The van der Waals surface area contributed by atoms with E-state index in [0.29, 0.717) is 0 Å². The van der Waals surface area contributed by atoms with E-state index in [9.17, 15) is 0 Å². The van der Waals surface area contributed by atoms with E-state index >= 15 is 0 Å². The number of hydrogen-bond donors (Lipinski definition) is 0. The SMILES string of the molecule is COC1=CC=COS1. The number of hydrogen-bond acceptors (Lipinski definition) is 3. The van der Waals surface area contributed by atoms with Gasteiger partial charge in [-0.15, -0.1) is 0 Å². The van der Waals surface area contributed by atoms with E-state index in [4.69, 9.17) is 8.92 Å². The monoisotopic (exact) mass is 130 g/mol. The van der Waals surface area contributed by atoms with E-state index in [-0.39, 0.29) is 0 Å². The third-order valence-electron chi connectivity index (χ3n) is 0.698. The zero-order valence-electron chi connectivity index (χ0n) is 4.46. The van der Waals surface area contributed by atoms with Gasteiger partial charge in [0.05, 0.1) is 7.11 Å². The summed E-state index contributed by atoms with van der Waals surface area (Å²) in [5, 5.41) is 0.785. The van der Waals surface area contributed by atoms with Gasteiger partial charge in [-0.05, 0) is 12.2 Å². The Bertz CT molecular complexity index is 128. The van der Waals surface area contributed by atoms with Crippen LogP contribution in [-0.2, 0) is 8.92 Å². The molecule has 1 aliphatic heterocycles. The molecule has 0 fully saturated rings. The van der Waals surface area contributed by atoms with E-state index < -0.39 is 0 Å². The van der Waals surface area contributed by atoms with Gasteiger partial charge in [0, 0.05) is 0 Å². The lowest BCUT2D eigenvalue weighted by Gasteiger charge is -2.04. The third-order valence-corrected chi connectivity index (χ3v) is 1.37. The minimum Gasteiger partial charge on any atom is -0.488 e. The molecule has 1 heterocycles.